The van der Waals surface area contributed by atoms with Gasteiger partial charge < -0.3 is 9.84 Å². The molecule has 0 saturated heterocycles. The first-order chi connectivity index (χ1) is 10.0. The third kappa shape index (κ3) is 3.55. The molecule has 0 unspecified atom stereocenters. The first-order valence-corrected chi connectivity index (χ1v) is 6.27. The molecule has 5 nitrogen and oxygen atoms in total. The summed E-state index contributed by atoms with van der Waals surface area (Å²) in [6, 6.07) is 8.45. The van der Waals surface area contributed by atoms with Gasteiger partial charge in [-0.25, -0.2) is 4.39 Å². The van der Waals surface area contributed by atoms with E-state index in [1.54, 1.807) is 18.2 Å². The van der Waals surface area contributed by atoms with Crippen molar-refractivity contribution < 1.29 is 19.2 Å². The number of nitro groups is 1. The van der Waals surface area contributed by atoms with Crippen molar-refractivity contribution in [3.05, 3.63) is 69.0 Å². The van der Waals surface area contributed by atoms with Gasteiger partial charge in [-0.1, -0.05) is 17.7 Å². The summed E-state index contributed by atoms with van der Waals surface area (Å²) in [4.78, 5) is 10.3. The Hall–Kier alpha value is -2.47. The minimum Gasteiger partial charge on any atom is -0.488 e. The Morgan fingerprint density at radius 1 is 1.24 bits per heavy atom. The lowest BCUT2D eigenvalue weighted by Gasteiger charge is -2.11. The number of nitro benzene ring substituents is 1. The number of hydrogen-bond donors (Lipinski definition) is 1. The van der Waals surface area contributed by atoms with Gasteiger partial charge in [0.1, 0.15) is 18.2 Å². The molecule has 0 bridgehead atoms. The van der Waals surface area contributed by atoms with Crippen molar-refractivity contribution in [2.24, 2.45) is 0 Å². The van der Waals surface area contributed by atoms with Crippen LogP contribution in [0.3, 0.4) is 0 Å². The first kappa shape index (κ1) is 14.9. The summed E-state index contributed by atoms with van der Waals surface area (Å²) in [5, 5.41) is 20.2. The van der Waals surface area contributed by atoms with Crippen molar-refractivity contribution in [3.63, 3.8) is 0 Å². The van der Waals surface area contributed by atoms with E-state index in [4.69, 9.17) is 4.74 Å². The number of halogens is 1. The van der Waals surface area contributed by atoms with Crippen molar-refractivity contribution in [3.8, 4) is 5.75 Å². The molecule has 1 N–H and O–H groups in total. The summed E-state index contributed by atoms with van der Waals surface area (Å²) in [7, 11) is 0. The smallest absolute Gasteiger partial charge is 0.276 e. The molecule has 2 aromatic carbocycles. The number of aliphatic hydroxyl groups excluding tert-OH is 1. The maximum absolute atomic E-state index is 13.2. The van der Waals surface area contributed by atoms with Crippen LogP contribution in [0.25, 0.3) is 0 Å². The average Bonchev–Trinajstić information content (AvgIpc) is 2.45. The maximum atomic E-state index is 13.2. The topological polar surface area (TPSA) is 72.6 Å². The second-order valence-electron chi connectivity index (χ2n) is 4.59. The van der Waals surface area contributed by atoms with E-state index in [0.29, 0.717) is 11.3 Å². The molecule has 21 heavy (non-hydrogen) atoms. The predicted octanol–water partition coefficient (Wildman–Crippen LogP) is 3.11. The SMILES string of the molecule is Cc1ccc(OCc2cc(F)ccc2[N+](=O)[O-])c(CO)c1. The molecule has 0 heterocycles. The largest absolute Gasteiger partial charge is 0.488 e. The van der Waals surface area contributed by atoms with Crippen LogP contribution < -0.4 is 4.74 Å². The van der Waals surface area contributed by atoms with E-state index in [1.807, 2.05) is 6.92 Å². The first-order valence-electron chi connectivity index (χ1n) is 6.27. The van der Waals surface area contributed by atoms with Gasteiger partial charge in [0.05, 0.1) is 17.1 Å². The van der Waals surface area contributed by atoms with Gasteiger partial charge in [-0.3, -0.25) is 10.1 Å². The van der Waals surface area contributed by atoms with Crippen LogP contribution in [0.15, 0.2) is 36.4 Å². The number of aryl methyl sites for hydroxylation is 1. The minimum absolute atomic E-state index is 0.143. The Bertz CT molecular complexity index is 673. The summed E-state index contributed by atoms with van der Waals surface area (Å²) >= 11 is 0. The molecule has 2 rings (SSSR count). The molecule has 0 fully saturated rings. The van der Waals surface area contributed by atoms with Gasteiger partial charge in [-0.15, -0.1) is 0 Å². The molecule has 0 atom stereocenters. The molecular formula is C15H14FNO4. The van der Waals surface area contributed by atoms with E-state index in [1.165, 1.54) is 0 Å². The van der Waals surface area contributed by atoms with Crippen LogP contribution in [0, 0.1) is 22.9 Å². The molecule has 0 aliphatic rings. The zero-order valence-corrected chi connectivity index (χ0v) is 11.4. The predicted molar refractivity (Wildman–Crippen MR) is 74.5 cm³/mol. The number of rotatable bonds is 5. The normalized spacial score (nSPS) is 10.4. The quantitative estimate of drug-likeness (QED) is 0.678. The Morgan fingerprint density at radius 2 is 2.00 bits per heavy atom. The van der Waals surface area contributed by atoms with Gasteiger partial charge in [-0.2, -0.15) is 0 Å². The molecule has 0 amide bonds. The van der Waals surface area contributed by atoms with Crippen molar-refractivity contribution in [2.45, 2.75) is 20.1 Å². The molecule has 0 spiro atoms. The highest BCUT2D eigenvalue weighted by Crippen LogP contribution is 2.24. The van der Waals surface area contributed by atoms with Gasteiger partial charge in [0, 0.05) is 11.6 Å². The molecule has 0 radical (unpaired) electrons. The fraction of sp³-hybridized carbons (Fsp3) is 0.200. The standard InChI is InChI=1S/C15H14FNO4/c1-10-2-5-15(11(6-10)8-18)21-9-12-7-13(16)3-4-14(12)17(19)20/h2-7,18H,8-9H2,1H3. The fourth-order valence-corrected chi connectivity index (χ4v) is 1.98. The number of ether oxygens (including phenoxy) is 1. The Kier molecular flexibility index (Phi) is 4.49. The number of nitrogens with zero attached hydrogens (tertiary/aromatic N) is 1. The highest BCUT2D eigenvalue weighted by Gasteiger charge is 2.15. The third-order valence-electron chi connectivity index (χ3n) is 3.01. The molecule has 2 aromatic rings. The molecule has 0 aliphatic carbocycles. The lowest BCUT2D eigenvalue weighted by molar-refractivity contribution is -0.385. The van der Waals surface area contributed by atoms with Gasteiger partial charge in [0.2, 0.25) is 0 Å². The van der Waals surface area contributed by atoms with E-state index in [0.717, 1.165) is 23.8 Å². The lowest BCUT2D eigenvalue weighted by Crippen LogP contribution is -2.03. The Balaban J connectivity index is 2.24. The van der Waals surface area contributed by atoms with Crippen LogP contribution in [0.4, 0.5) is 10.1 Å². The second kappa shape index (κ2) is 6.32. The van der Waals surface area contributed by atoms with E-state index >= 15 is 0 Å². The zero-order valence-electron chi connectivity index (χ0n) is 11.4. The van der Waals surface area contributed by atoms with Crippen molar-refractivity contribution in [1.82, 2.24) is 0 Å². The minimum atomic E-state index is -0.583. The summed E-state index contributed by atoms with van der Waals surface area (Å²) in [5.74, 6) is -0.146. The van der Waals surface area contributed by atoms with Crippen molar-refractivity contribution >= 4 is 5.69 Å². The van der Waals surface area contributed by atoms with E-state index in [-0.39, 0.29) is 24.5 Å². The summed E-state index contributed by atoms with van der Waals surface area (Å²) in [6.45, 7) is 1.52. The summed E-state index contributed by atoms with van der Waals surface area (Å²) < 4.78 is 18.7. The second-order valence-corrected chi connectivity index (χ2v) is 4.59. The number of hydrogen-bond acceptors (Lipinski definition) is 4. The van der Waals surface area contributed by atoms with Crippen LogP contribution in [0.1, 0.15) is 16.7 Å². The van der Waals surface area contributed by atoms with Crippen LogP contribution in [0.5, 0.6) is 5.75 Å². The number of aliphatic hydroxyl groups is 1. The van der Waals surface area contributed by atoms with Crippen molar-refractivity contribution in [2.75, 3.05) is 0 Å². The molecule has 0 saturated carbocycles. The van der Waals surface area contributed by atoms with E-state index in [9.17, 15) is 19.6 Å². The van der Waals surface area contributed by atoms with Crippen LogP contribution in [-0.2, 0) is 13.2 Å². The van der Waals surface area contributed by atoms with Crippen LogP contribution in [0.2, 0.25) is 0 Å². The molecule has 0 aromatic heterocycles. The highest BCUT2D eigenvalue weighted by atomic mass is 19.1. The van der Waals surface area contributed by atoms with Gasteiger partial charge in [0.15, 0.2) is 0 Å². The molecule has 110 valence electrons. The highest BCUT2D eigenvalue weighted by molar-refractivity contribution is 5.41. The maximum Gasteiger partial charge on any atom is 0.276 e. The van der Waals surface area contributed by atoms with Gasteiger partial charge >= 0.3 is 0 Å². The molecular weight excluding hydrogens is 277 g/mol. The lowest BCUT2D eigenvalue weighted by atomic mass is 10.1. The monoisotopic (exact) mass is 291 g/mol. The zero-order chi connectivity index (χ0) is 15.4. The third-order valence-corrected chi connectivity index (χ3v) is 3.01. The van der Waals surface area contributed by atoms with E-state index < -0.39 is 10.7 Å². The Morgan fingerprint density at radius 3 is 2.67 bits per heavy atom. The van der Waals surface area contributed by atoms with Gasteiger partial charge in [0.25, 0.3) is 5.69 Å². The van der Waals surface area contributed by atoms with Crippen molar-refractivity contribution in [1.29, 1.82) is 0 Å². The fourth-order valence-electron chi connectivity index (χ4n) is 1.98. The molecule has 0 aliphatic heterocycles. The number of benzene rings is 2. The average molecular weight is 291 g/mol. The molecule has 6 heteroatoms. The summed E-state index contributed by atoms with van der Waals surface area (Å²) in [5.41, 5.74) is 1.48. The van der Waals surface area contributed by atoms with Crippen LogP contribution in [-0.4, -0.2) is 10.0 Å². The summed E-state index contributed by atoms with van der Waals surface area (Å²) in [6.07, 6.45) is 0. The Labute approximate surface area is 120 Å². The van der Waals surface area contributed by atoms with Gasteiger partial charge in [-0.05, 0) is 25.1 Å². The van der Waals surface area contributed by atoms with Crippen LogP contribution >= 0.6 is 0 Å². The van der Waals surface area contributed by atoms with E-state index in [2.05, 4.69) is 0 Å².